The van der Waals surface area contributed by atoms with Crippen LogP contribution in [-0.4, -0.2) is 22.1 Å². The first-order valence-corrected chi connectivity index (χ1v) is 7.54. The fourth-order valence-corrected chi connectivity index (χ4v) is 3.33. The van der Waals surface area contributed by atoms with Gasteiger partial charge < -0.3 is 9.88 Å². The molecule has 3 nitrogen and oxygen atoms in total. The molecule has 0 bridgehead atoms. The molecule has 1 atom stereocenters. The maximum absolute atomic E-state index is 4.48. The standard InChI is InChI=1S/C17H23N3/c1-3-18-16(12-17-19-8-9-20(17)2)15-10-13-6-4-5-7-14(13)11-15/h4-9,15-16,18H,3,10-12H2,1-2H3. The fourth-order valence-electron chi connectivity index (χ4n) is 3.33. The van der Waals surface area contributed by atoms with Gasteiger partial charge in [0, 0.05) is 31.9 Å². The van der Waals surface area contributed by atoms with Gasteiger partial charge in [0.1, 0.15) is 5.82 Å². The number of nitrogens with one attached hydrogen (secondary N) is 1. The molecule has 0 saturated heterocycles. The van der Waals surface area contributed by atoms with Gasteiger partial charge in [-0.3, -0.25) is 0 Å². The van der Waals surface area contributed by atoms with Crippen LogP contribution in [0.25, 0.3) is 0 Å². The lowest BCUT2D eigenvalue weighted by Gasteiger charge is -2.24. The van der Waals surface area contributed by atoms with E-state index in [0.717, 1.165) is 13.0 Å². The number of likely N-dealkylation sites (N-methyl/N-ethyl adjacent to an activating group) is 1. The molecule has 3 rings (SSSR count). The van der Waals surface area contributed by atoms with Crippen LogP contribution >= 0.6 is 0 Å². The second-order valence-corrected chi connectivity index (χ2v) is 5.76. The topological polar surface area (TPSA) is 29.9 Å². The molecule has 0 fully saturated rings. The second kappa shape index (κ2) is 5.80. The molecule has 1 unspecified atom stereocenters. The molecule has 0 amide bonds. The first kappa shape index (κ1) is 13.4. The van der Waals surface area contributed by atoms with Crippen molar-refractivity contribution in [3.05, 3.63) is 53.6 Å². The van der Waals surface area contributed by atoms with E-state index in [2.05, 4.69) is 53.1 Å². The number of hydrogen-bond donors (Lipinski definition) is 1. The molecule has 1 aliphatic rings. The number of hydrogen-bond acceptors (Lipinski definition) is 2. The lowest BCUT2D eigenvalue weighted by Crippen LogP contribution is -2.39. The number of fused-ring (bicyclic) bond motifs is 1. The number of aryl methyl sites for hydroxylation is 1. The molecule has 1 aromatic heterocycles. The summed E-state index contributed by atoms with van der Waals surface area (Å²) in [4.78, 5) is 4.48. The SMILES string of the molecule is CCNC(Cc1nccn1C)C1Cc2ccccc2C1. The van der Waals surface area contributed by atoms with E-state index in [9.17, 15) is 0 Å². The Balaban J connectivity index is 1.74. The Morgan fingerprint density at radius 2 is 2.00 bits per heavy atom. The first-order chi connectivity index (χ1) is 9.78. The van der Waals surface area contributed by atoms with E-state index in [1.807, 2.05) is 12.4 Å². The Bertz CT molecular complexity index is 548. The van der Waals surface area contributed by atoms with Crippen LogP contribution in [0.15, 0.2) is 36.7 Å². The molecule has 0 aliphatic heterocycles. The summed E-state index contributed by atoms with van der Waals surface area (Å²) in [7, 11) is 2.08. The molecule has 1 heterocycles. The van der Waals surface area contributed by atoms with Crippen LogP contribution in [0.4, 0.5) is 0 Å². The largest absolute Gasteiger partial charge is 0.338 e. The van der Waals surface area contributed by atoms with Crippen molar-refractivity contribution < 1.29 is 0 Å². The van der Waals surface area contributed by atoms with Gasteiger partial charge in [0.05, 0.1) is 0 Å². The number of aromatic nitrogens is 2. The monoisotopic (exact) mass is 269 g/mol. The van der Waals surface area contributed by atoms with Gasteiger partial charge in [0.25, 0.3) is 0 Å². The maximum atomic E-state index is 4.48. The molecule has 0 spiro atoms. The van der Waals surface area contributed by atoms with E-state index in [1.54, 1.807) is 0 Å². The summed E-state index contributed by atoms with van der Waals surface area (Å²) in [5.74, 6) is 1.86. The molecule has 1 aliphatic carbocycles. The molecular weight excluding hydrogens is 246 g/mol. The third-order valence-corrected chi connectivity index (χ3v) is 4.44. The van der Waals surface area contributed by atoms with Gasteiger partial charge in [-0.25, -0.2) is 4.98 Å². The number of rotatable bonds is 5. The lowest BCUT2D eigenvalue weighted by molar-refractivity contribution is 0.360. The normalized spacial score (nSPS) is 16.3. The van der Waals surface area contributed by atoms with Crippen molar-refractivity contribution in [2.75, 3.05) is 6.54 Å². The van der Waals surface area contributed by atoms with Gasteiger partial charge in [0.2, 0.25) is 0 Å². The van der Waals surface area contributed by atoms with E-state index in [-0.39, 0.29) is 0 Å². The van der Waals surface area contributed by atoms with Gasteiger partial charge in [-0.2, -0.15) is 0 Å². The smallest absolute Gasteiger partial charge is 0.109 e. The van der Waals surface area contributed by atoms with E-state index >= 15 is 0 Å². The van der Waals surface area contributed by atoms with Crippen LogP contribution in [0.5, 0.6) is 0 Å². The summed E-state index contributed by atoms with van der Waals surface area (Å²) in [5, 5.41) is 3.67. The maximum Gasteiger partial charge on any atom is 0.109 e. The van der Waals surface area contributed by atoms with Crippen molar-refractivity contribution in [2.24, 2.45) is 13.0 Å². The van der Waals surface area contributed by atoms with Gasteiger partial charge in [-0.1, -0.05) is 31.2 Å². The summed E-state index contributed by atoms with van der Waals surface area (Å²) >= 11 is 0. The van der Waals surface area contributed by atoms with Crippen molar-refractivity contribution >= 4 is 0 Å². The third kappa shape index (κ3) is 2.63. The van der Waals surface area contributed by atoms with Crippen LogP contribution in [0, 0.1) is 5.92 Å². The molecular formula is C17H23N3. The highest BCUT2D eigenvalue weighted by atomic mass is 15.0. The predicted octanol–water partition coefficient (Wildman–Crippen LogP) is 2.36. The Kier molecular flexibility index (Phi) is 3.88. The minimum atomic E-state index is 0.508. The molecule has 3 heteroatoms. The molecule has 1 aromatic carbocycles. The molecule has 106 valence electrons. The van der Waals surface area contributed by atoms with Gasteiger partial charge in [-0.15, -0.1) is 0 Å². The molecule has 0 radical (unpaired) electrons. The zero-order chi connectivity index (χ0) is 13.9. The highest BCUT2D eigenvalue weighted by molar-refractivity contribution is 5.32. The molecule has 20 heavy (non-hydrogen) atoms. The summed E-state index contributed by atoms with van der Waals surface area (Å²) in [5.41, 5.74) is 3.06. The minimum absolute atomic E-state index is 0.508. The van der Waals surface area contributed by atoms with Crippen molar-refractivity contribution in [3.63, 3.8) is 0 Å². The van der Waals surface area contributed by atoms with E-state index in [4.69, 9.17) is 0 Å². The Hall–Kier alpha value is -1.61. The van der Waals surface area contributed by atoms with Crippen LogP contribution < -0.4 is 5.32 Å². The van der Waals surface area contributed by atoms with E-state index in [1.165, 1.54) is 29.8 Å². The highest BCUT2D eigenvalue weighted by Gasteiger charge is 2.28. The van der Waals surface area contributed by atoms with E-state index < -0.39 is 0 Å². The minimum Gasteiger partial charge on any atom is -0.338 e. The fraction of sp³-hybridized carbons (Fsp3) is 0.471. The van der Waals surface area contributed by atoms with Gasteiger partial charge >= 0.3 is 0 Å². The Labute approximate surface area is 121 Å². The quantitative estimate of drug-likeness (QED) is 0.903. The zero-order valence-corrected chi connectivity index (χ0v) is 12.3. The van der Waals surface area contributed by atoms with Crippen molar-refractivity contribution in [3.8, 4) is 0 Å². The first-order valence-electron chi connectivity index (χ1n) is 7.54. The van der Waals surface area contributed by atoms with Crippen LogP contribution in [0.1, 0.15) is 23.9 Å². The van der Waals surface area contributed by atoms with E-state index in [0.29, 0.717) is 12.0 Å². The van der Waals surface area contributed by atoms with Crippen LogP contribution in [0.2, 0.25) is 0 Å². The lowest BCUT2D eigenvalue weighted by atomic mass is 9.93. The second-order valence-electron chi connectivity index (χ2n) is 5.76. The third-order valence-electron chi connectivity index (χ3n) is 4.44. The van der Waals surface area contributed by atoms with Gasteiger partial charge in [0.15, 0.2) is 0 Å². The number of imidazole rings is 1. The Morgan fingerprint density at radius 3 is 2.55 bits per heavy atom. The summed E-state index contributed by atoms with van der Waals surface area (Å²) < 4.78 is 2.13. The molecule has 1 N–H and O–H groups in total. The average Bonchev–Trinajstić information content (AvgIpc) is 3.04. The van der Waals surface area contributed by atoms with Crippen molar-refractivity contribution in [2.45, 2.75) is 32.2 Å². The number of benzene rings is 1. The van der Waals surface area contributed by atoms with Crippen molar-refractivity contribution in [1.82, 2.24) is 14.9 Å². The summed E-state index contributed by atoms with van der Waals surface area (Å²) in [6.07, 6.45) is 7.32. The zero-order valence-electron chi connectivity index (χ0n) is 12.3. The van der Waals surface area contributed by atoms with Crippen molar-refractivity contribution in [1.29, 1.82) is 0 Å². The van der Waals surface area contributed by atoms with Crippen LogP contribution in [0.3, 0.4) is 0 Å². The Morgan fingerprint density at radius 1 is 1.30 bits per heavy atom. The average molecular weight is 269 g/mol. The van der Waals surface area contributed by atoms with Crippen LogP contribution in [-0.2, 0) is 26.3 Å². The summed E-state index contributed by atoms with van der Waals surface area (Å²) in [6, 6.07) is 9.37. The molecule has 2 aromatic rings. The molecule has 0 saturated carbocycles. The van der Waals surface area contributed by atoms with Gasteiger partial charge in [-0.05, 0) is 36.4 Å². The number of nitrogens with zero attached hydrogens (tertiary/aromatic N) is 2. The predicted molar refractivity (Wildman–Crippen MR) is 81.7 cm³/mol. The highest BCUT2D eigenvalue weighted by Crippen LogP contribution is 2.29. The summed E-state index contributed by atoms with van der Waals surface area (Å²) in [6.45, 7) is 3.20.